The van der Waals surface area contributed by atoms with Gasteiger partial charge in [-0.05, 0) is 65.5 Å². The Bertz CT molecular complexity index is 2540. The summed E-state index contributed by atoms with van der Waals surface area (Å²) in [6.07, 6.45) is 3.88. The predicted octanol–water partition coefficient (Wildman–Crippen LogP) is 10.1. The number of rotatable bonds is 4. The summed E-state index contributed by atoms with van der Waals surface area (Å²) in [5, 5.41) is 7.18. The Morgan fingerprint density at radius 3 is 2.05 bits per heavy atom. The van der Waals surface area contributed by atoms with Gasteiger partial charge in [0.15, 0.2) is 0 Å². The summed E-state index contributed by atoms with van der Waals surface area (Å²) in [6.45, 7) is 0. The minimum atomic E-state index is 0.864. The smallest absolute Gasteiger partial charge is 0.126 e. The van der Waals surface area contributed by atoms with Crippen molar-refractivity contribution in [2.24, 2.45) is 0 Å². The van der Waals surface area contributed by atoms with Crippen LogP contribution in [0.1, 0.15) is 0 Å². The van der Waals surface area contributed by atoms with Crippen LogP contribution in [0, 0.1) is 0 Å². The third kappa shape index (κ3) is 3.48. The molecular weight excluding hydrogens is 538 g/mol. The van der Waals surface area contributed by atoms with E-state index in [1.54, 1.807) is 7.11 Å². The maximum Gasteiger partial charge on any atom is 0.126 e. The molecule has 0 radical (unpaired) electrons. The second kappa shape index (κ2) is 9.58. The highest BCUT2D eigenvalue weighted by atomic mass is 16.5. The first-order valence-corrected chi connectivity index (χ1v) is 14.8. The second-order valence-electron chi connectivity index (χ2n) is 11.2. The van der Waals surface area contributed by atoms with Gasteiger partial charge in [0.05, 0.1) is 35.4 Å². The van der Waals surface area contributed by atoms with Crippen molar-refractivity contribution in [1.29, 1.82) is 0 Å². The van der Waals surface area contributed by atoms with E-state index in [-0.39, 0.29) is 0 Å². The molecule has 3 heterocycles. The molecule has 0 bridgehead atoms. The first-order valence-electron chi connectivity index (χ1n) is 14.8. The zero-order valence-corrected chi connectivity index (χ0v) is 24.1. The van der Waals surface area contributed by atoms with Gasteiger partial charge in [0.25, 0.3) is 0 Å². The fourth-order valence-corrected chi connectivity index (χ4v) is 7.03. The molecule has 9 aromatic rings. The van der Waals surface area contributed by atoms with Crippen LogP contribution < -0.4 is 4.74 Å². The summed E-state index contributed by atoms with van der Waals surface area (Å²) >= 11 is 0. The van der Waals surface area contributed by atoms with Crippen LogP contribution in [0.2, 0.25) is 0 Å². The molecule has 4 heteroatoms. The predicted molar refractivity (Wildman–Crippen MR) is 182 cm³/mol. The summed E-state index contributed by atoms with van der Waals surface area (Å²) in [5.74, 6) is 0.864. The van der Waals surface area contributed by atoms with Crippen molar-refractivity contribution >= 4 is 54.4 Å². The summed E-state index contributed by atoms with van der Waals surface area (Å²) in [6, 6.07) is 47.5. The van der Waals surface area contributed by atoms with Gasteiger partial charge in [-0.1, -0.05) is 78.9 Å². The fraction of sp³-hybridized carbons (Fsp3) is 0.0250. The highest BCUT2D eigenvalue weighted by Crippen LogP contribution is 2.43. The van der Waals surface area contributed by atoms with E-state index in [0.717, 1.165) is 33.8 Å². The average molecular weight is 566 g/mol. The Labute approximate surface area is 254 Å². The summed E-state index contributed by atoms with van der Waals surface area (Å²) < 4.78 is 10.6. The first kappa shape index (κ1) is 24.7. The van der Waals surface area contributed by atoms with Crippen LogP contribution >= 0.6 is 0 Å². The molecule has 0 saturated carbocycles. The van der Waals surface area contributed by atoms with Crippen molar-refractivity contribution in [3.8, 4) is 28.3 Å². The number of benzene rings is 6. The summed E-state index contributed by atoms with van der Waals surface area (Å²) in [4.78, 5) is 4.59. The molecule has 208 valence electrons. The quantitative estimate of drug-likeness (QED) is 0.213. The van der Waals surface area contributed by atoms with E-state index < -0.39 is 0 Å². The van der Waals surface area contributed by atoms with E-state index in [2.05, 4.69) is 135 Å². The van der Waals surface area contributed by atoms with Crippen LogP contribution in [0.25, 0.3) is 76.9 Å². The lowest BCUT2D eigenvalue weighted by molar-refractivity contribution is 0.416. The van der Waals surface area contributed by atoms with Crippen LogP contribution in [0.15, 0.2) is 146 Å². The van der Waals surface area contributed by atoms with Crippen molar-refractivity contribution in [1.82, 2.24) is 14.1 Å². The number of methoxy groups -OCH3 is 1. The van der Waals surface area contributed by atoms with E-state index in [0.29, 0.717) is 0 Å². The van der Waals surface area contributed by atoms with Crippen LogP contribution in [0.4, 0.5) is 0 Å². The van der Waals surface area contributed by atoms with Gasteiger partial charge in [-0.25, -0.2) is 0 Å². The van der Waals surface area contributed by atoms with Crippen LogP contribution in [0.5, 0.6) is 5.75 Å². The molecule has 0 spiro atoms. The Balaban J connectivity index is 1.40. The van der Waals surface area contributed by atoms with Gasteiger partial charge in [0.1, 0.15) is 5.75 Å². The van der Waals surface area contributed by atoms with Gasteiger partial charge < -0.3 is 13.9 Å². The van der Waals surface area contributed by atoms with E-state index in [1.165, 1.54) is 48.9 Å². The van der Waals surface area contributed by atoms with Gasteiger partial charge in [-0.2, -0.15) is 0 Å². The molecule has 0 aliphatic carbocycles. The molecule has 4 nitrogen and oxygen atoms in total. The number of fused-ring (bicyclic) bond motifs is 8. The zero-order valence-electron chi connectivity index (χ0n) is 24.1. The number of hydrogen-bond donors (Lipinski definition) is 0. The summed E-state index contributed by atoms with van der Waals surface area (Å²) in [5.41, 5.74) is 9.13. The number of nitrogens with zero attached hydrogens (tertiary/aromatic N) is 3. The molecule has 0 saturated heterocycles. The van der Waals surface area contributed by atoms with Crippen LogP contribution in [-0.4, -0.2) is 21.2 Å². The number of hydrogen-bond acceptors (Lipinski definition) is 2. The van der Waals surface area contributed by atoms with Crippen molar-refractivity contribution in [2.75, 3.05) is 7.11 Å². The maximum atomic E-state index is 5.82. The zero-order chi connectivity index (χ0) is 29.2. The molecule has 44 heavy (non-hydrogen) atoms. The molecule has 0 fully saturated rings. The SMILES string of the molecule is COc1ccccc1-c1cc2c3ccncc3n(-c3ccc4c(c3)c3ccccc3n4-c3ccccc3)c2c2ccccc12. The average Bonchev–Trinajstić information content (AvgIpc) is 3.61. The normalized spacial score (nSPS) is 11.8. The van der Waals surface area contributed by atoms with Crippen molar-refractivity contribution in [2.45, 2.75) is 0 Å². The standard InChI is InChI=1S/C40H27N3O/c1-44-39-18-10-8-15-31(39)33-24-35-30-21-22-41-25-38(30)43(40(35)32-16-6-5-13-28(32)33)27-19-20-37-34(23-27)29-14-7-9-17-36(29)42(37)26-11-3-2-4-12-26/h2-25H,1H3. The molecule has 0 atom stereocenters. The van der Waals surface area contributed by atoms with E-state index in [4.69, 9.17) is 4.74 Å². The Morgan fingerprint density at radius 1 is 0.477 bits per heavy atom. The Hall–Kier alpha value is -5.87. The fourth-order valence-electron chi connectivity index (χ4n) is 7.03. The van der Waals surface area contributed by atoms with Gasteiger partial charge in [-0.15, -0.1) is 0 Å². The van der Waals surface area contributed by atoms with E-state index >= 15 is 0 Å². The second-order valence-corrected chi connectivity index (χ2v) is 11.2. The highest BCUT2D eigenvalue weighted by Gasteiger charge is 2.20. The lowest BCUT2D eigenvalue weighted by Crippen LogP contribution is -1.97. The van der Waals surface area contributed by atoms with Gasteiger partial charge >= 0.3 is 0 Å². The Morgan fingerprint density at radius 2 is 1.18 bits per heavy atom. The molecule has 0 aliphatic rings. The number of aromatic nitrogens is 3. The highest BCUT2D eigenvalue weighted by molar-refractivity contribution is 6.22. The number of ether oxygens (including phenoxy) is 1. The lowest BCUT2D eigenvalue weighted by Gasteiger charge is -2.15. The van der Waals surface area contributed by atoms with E-state index in [9.17, 15) is 0 Å². The van der Waals surface area contributed by atoms with E-state index in [1.807, 2.05) is 24.5 Å². The molecule has 0 aliphatic heterocycles. The molecule has 0 amide bonds. The maximum absolute atomic E-state index is 5.82. The van der Waals surface area contributed by atoms with Gasteiger partial charge in [-0.3, -0.25) is 4.98 Å². The van der Waals surface area contributed by atoms with Gasteiger partial charge in [0.2, 0.25) is 0 Å². The monoisotopic (exact) mass is 565 g/mol. The van der Waals surface area contributed by atoms with Crippen molar-refractivity contribution in [3.05, 3.63) is 146 Å². The van der Waals surface area contributed by atoms with Crippen LogP contribution in [0.3, 0.4) is 0 Å². The molecule has 0 unspecified atom stereocenters. The Kier molecular flexibility index (Phi) is 5.38. The molecule has 6 aromatic carbocycles. The molecule has 3 aromatic heterocycles. The lowest BCUT2D eigenvalue weighted by atomic mass is 9.94. The van der Waals surface area contributed by atoms with Crippen molar-refractivity contribution < 1.29 is 4.74 Å². The summed E-state index contributed by atoms with van der Waals surface area (Å²) in [7, 11) is 1.74. The minimum Gasteiger partial charge on any atom is -0.496 e. The molecule has 9 rings (SSSR count). The third-order valence-electron chi connectivity index (χ3n) is 8.90. The first-order chi connectivity index (χ1) is 21.8. The molecular formula is C40H27N3O. The largest absolute Gasteiger partial charge is 0.496 e. The minimum absolute atomic E-state index is 0.864. The third-order valence-corrected chi connectivity index (χ3v) is 8.90. The molecule has 0 N–H and O–H groups in total. The number of para-hydroxylation sites is 3. The number of pyridine rings is 1. The van der Waals surface area contributed by atoms with Crippen molar-refractivity contribution in [3.63, 3.8) is 0 Å². The van der Waals surface area contributed by atoms with Gasteiger partial charge in [0, 0.05) is 50.1 Å². The topological polar surface area (TPSA) is 32.0 Å². The van der Waals surface area contributed by atoms with Crippen LogP contribution in [-0.2, 0) is 0 Å².